The summed E-state index contributed by atoms with van der Waals surface area (Å²) in [5.41, 5.74) is 6.37. The average molecular weight is 314 g/mol. The van der Waals surface area contributed by atoms with Crippen LogP contribution in [-0.4, -0.2) is 34.3 Å². The van der Waals surface area contributed by atoms with Crippen molar-refractivity contribution >= 4 is 15.7 Å². The second kappa shape index (κ2) is 5.82. The number of nitrogens with one attached hydrogen (secondary N) is 1. The minimum atomic E-state index is -3.74. The molecular formula is C14H22N2O4S. The van der Waals surface area contributed by atoms with Crippen molar-refractivity contribution < 1.29 is 17.9 Å². The molecule has 2 rings (SSSR count). The van der Waals surface area contributed by atoms with Crippen molar-refractivity contribution in [2.75, 3.05) is 26.1 Å². The molecule has 0 unspecified atom stereocenters. The maximum absolute atomic E-state index is 12.6. The summed E-state index contributed by atoms with van der Waals surface area (Å²) >= 11 is 0. The third-order valence-electron chi connectivity index (χ3n) is 3.20. The molecule has 0 aromatic heterocycles. The van der Waals surface area contributed by atoms with Crippen molar-refractivity contribution in [2.45, 2.75) is 37.1 Å². The molecule has 1 aromatic rings. The van der Waals surface area contributed by atoms with Crippen LogP contribution in [0.2, 0.25) is 0 Å². The predicted molar refractivity (Wildman–Crippen MR) is 80.9 cm³/mol. The molecule has 21 heavy (non-hydrogen) atoms. The Morgan fingerprint density at radius 1 is 1.43 bits per heavy atom. The Hall–Kier alpha value is -1.31. The second-order valence-corrected chi connectivity index (χ2v) is 7.53. The van der Waals surface area contributed by atoms with Gasteiger partial charge in [0.15, 0.2) is 0 Å². The molecule has 0 bridgehead atoms. The number of nitrogens with two attached hydrogens (primary N) is 1. The van der Waals surface area contributed by atoms with Gasteiger partial charge >= 0.3 is 0 Å². The molecule has 1 heterocycles. The zero-order valence-corrected chi connectivity index (χ0v) is 13.4. The Morgan fingerprint density at radius 3 is 2.81 bits per heavy atom. The predicted octanol–water partition coefficient (Wildman–Crippen LogP) is 1.30. The molecule has 0 amide bonds. The van der Waals surface area contributed by atoms with E-state index in [4.69, 9.17) is 15.2 Å². The standard InChI is InChI=1S/C14H22N2O4S/c1-14(2,9-19-3)16-21(17,18)12-8-11(15)7-10-5-4-6-20-13(10)12/h7-8,16H,4-6,9,15H2,1-3H3. The van der Waals surface area contributed by atoms with E-state index in [1.54, 1.807) is 19.9 Å². The topological polar surface area (TPSA) is 90.7 Å². The number of benzene rings is 1. The highest BCUT2D eigenvalue weighted by Crippen LogP contribution is 2.34. The summed E-state index contributed by atoms with van der Waals surface area (Å²) in [4.78, 5) is 0.0985. The van der Waals surface area contributed by atoms with Crippen molar-refractivity contribution in [3.8, 4) is 5.75 Å². The van der Waals surface area contributed by atoms with Crippen molar-refractivity contribution in [3.05, 3.63) is 17.7 Å². The third kappa shape index (κ3) is 3.66. The summed E-state index contributed by atoms with van der Waals surface area (Å²) < 4.78 is 38.5. The largest absolute Gasteiger partial charge is 0.492 e. The maximum atomic E-state index is 12.6. The Kier molecular flexibility index (Phi) is 4.46. The lowest BCUT2D eigenvalue weighted by Crippen LogP contribution is -2.46. The van der Waals surface area contributed by atoms with Crippen molar-refractivity contribution in [1.82, 2.24) is 4.72 Å². The molecule has 0 saturated heterocycles. The van der Waals surface area contributed by atoms with E-state index >= 15 is 0 Å². The molecule has 118 valence electrons. The van der Waals surface area contributed by atoms with Gasteiger partial charge in [0, 0.05) is 12.8 Å². The zero-order valence-electron chi connectivity index (χ0n) is 12.6. The quantitative estimate of drug-likeness (QED) is 0.799. The van der Waals surface area contributed by atoms with Crippen LogP contribution in [0.3, 0.4) is 0 Å². The molecule has 0 saturated carbocycles. The molecule has 7 heteroatoms. The normalized spacial score (nSPS) is 15.4. The number of sulfonamides is 1. The van der Waals surface area contributed by atoms with Gasteiger partial charge in [-0.05, 0) is 44.4 Å². The summed E-state index contributed by atoms with van der Waals surface area (Å²) in [5, 5.41) is 0. The number of hydrogen-bond donors (Lipinski definition) is 2. The number of aryl methyl sites for hydroxylation is 1. The van der Waals surface area contributed by atoms with Gasteiger partial charge in [0.2, 0.25) is 10.0 Å². The highest BCUT2D eigenvalue weighted by molar-refractivity contribution is 7.89. The number of rotatable bonds is 5. The molecule has 6 nitrogen and oxygen atoms in total. The highest BCUT2D eigenvalue weighted by Gasteiger charge is 2.30. The fourth-order valence-corrected chi connectivity index (χ4v) is 4.10. The van der Waals surface area contributed by atoms with Gasteiger partial charge in [-0.15, -0.1) is 0 Å². The van der Waals surface area contributed by atoms with E-state index in [1.807, 2.05) is 0 Å². The Labute approximate surface area is 125 Å². The summed E-state index contributed by atoms with van der Waals surface area (Å²) in [7, 11) is -2.21. The molecule has 1 aromatic carbocycles. The SMILES string of the molecule is COCC(C)(C)NS(=O)(=O)c1cc(N)cc2c1OCCC2. The Bertz CT molecular complexity index is 626. The minimum Gasteiger partial charge on any atom is -0.492 e. The zero-order chi connectivity index (χ0) is 15.7. The van der Waals surface area contributed by atoms with Gasteiger partial charge in [-0.2, -0.15) is 0 Å². The van der Waals surface area contributed by atoms with Crippen LogP contribution in [0.15, 0.2) is 17.0 Å². The van der Waals surface area contributed by atoms with Crippen LogP contribution >= 0.6 is 0 Å². The summed E-state index contributed by atoms with van der Waals surface area (Å²) in [6.45, 7) is 4.29. The number of ether oxygens (including phenoxy) is 2. The highest BCUT2D eigenvalue weighted by atomic mass is 32.2. The second-order valence-electron chi connectivity index (χ2n) is 5.88. The fraction of sp³-hybridized carbons (Fsp3) is 0.571. The first-order valence-corrected chi connectivity index (χ1v) is 8.31. The average Bonchev–Trinajstić information content (AvgIpc) is 2.36. The van der Waals surface area contributed by atoms with Gasteiger partial charge in [0.1, 0.15) is 10.6 Å². The molecule has 0 aliphatic carbocycles. The number of nitrogen functional groups attached to an aromatic ring is 1. The van der Waals surface area contributed by atoms with Gasteiger partial charge < -0.3 is 15.2 Å². The summed E-state index contributed by atoms with van der Waals surface area (Å²) in [6.07, 6.45) is 1.63. The number of hydrogen-bond acceptors (Lipinski definition) is 5. The molecule has 0 atom stereocenters. The van der Waals surface area contributed by atoms with Crippen molar-refractivity contribution in [1.29, 1.82) is 0 Å². The van der Waals surface area contributed by atoms with Gasteiger partial charge in [-0.25, -0.2) is 13.1 Å². The first-order chi connectivity index (χ1) is 9.75. The molecule has 0 radical (unpaired) electrons. The van der Waals surface area contributed by atoms with Crippen LogP contribution in [0.4, 0.5) is 5.69 Å². The minimum absolute atomic E-state index is 0.0985. The first-order valence-electron chi connectivity index (χ1n) is 6.83. The van der Waals surface area contributed by atoms with Gasteiger partial charge in [0.25, 0.3) is 0 Å². The van der Waals surface area contributed by atoms with E-state index in [0.717, 1.165) is 18.4 Å². The lowest BCUT2D eigenvalue weighted by Gasteiger charge is -2.27. The van der Waals surface area contributed by atoms with E-state index in [0.29, 0.717) is 18.0 Å². The Balaban J connectivity index is 2.43. The van der Waals surface area contributed by atoms with E-state index in [9.17, 15) is 8.42 Å². The molecule has 0 spiro atoms. The summed E-state index contributed by atoms with van der Waals surface area (Å²) in [5.74, 6) is 0.413. The smallest absolute Gasteiger partial charge is 0.244 e. The fourth-order valence-electron chi connectivity index (χ4n) is 2.48. The van der Waals surface area contributed by atoms with Crippen LogP contribution in [-0.2, 0) is 21.2 Å². The maximum Gasteiger partial charge on any atom is 0.244 e. The lowest BCUT2D eigenvalue weighted by atomic mass is 10.1. The monoisotopic (exact) mass is 314 g/mol. The van der Waals surface area contributed by atoms with Crippen LogP contribution in [0.5, 0.6) is 5.75 Å². The van der Waals surface area contributed by atoms with Gasteiger partial charge in [0.05, 0.1) is 18.8 Å². The number of fused-ring (bicyclic) bond motifs is 1. The van der Waals surface area contributed by atoms with Crippen LogP contribution in [0.25, 0.3) is 0 Å². The number of methoxy groups -OCH3 is 1. The third-order valence-corrected chi connectivity index (χ3v) is 4.90. The molecule has 3 N–H and O–H groups in total. The Morgan fingerprint density at radius 2 is 2.14 bits per heavy atom. The van der Waals surface area contributed by atoms with E-state index in [1.165, 1.54) is 13.2 Å². The lowest BCUT2D eigenvalue weighted by molar-refractivity contribution is 0.141. The molecule has 1 aliphatic heterocycles. The van der Waals surface area contributed by atoms with Crippen LogP contribution in [0.1, 0.15) is 25.8 Å². The van der Waals surface area contributed by atoms with Gasteiger partial charge in [-0.3, -0.25) is 0 Å². The van der Waals surface area contributed by atoms with Crippen molar-refractivity contribution in [3.63, 3.8) is 0 Å². The first kappa shape index (κ1) is 16.1. The van der Waals surface area contributed by atoms with E-state index in [-0.39, 0.29) is 11.5 Å². The summed E-state index contributed by atoms with van der Waals surface area (Å²) in [6, 6.07) is 3.21. The number of anilines is 1. The molecule has 0 fully saturated rings. The molecule has 1 aliphatic rings. The van der Waals surface area contributed by atoms with Crippen molar-refractivity contribution in [2.24, 2.45) is 0 Å². The molecular weight excluding hydrogens is 292 g/mol. The van der Waals surface area contributed by atoms with Gasteiger partial charge in [-0.1, -0.05) is 0 Å². The van der Waals surface area contributed by atoms with Crippen LogP contribution < -0.4 is 15.2 Å². The van der Waals surface area contributed by atoms with Crippen LogP contribution in [0, 0.1) is 0 Å². The van der Waals surface area contributed by atoms with E-state index < -0.39 is 15.6 Å². The van der Waals surface area contributed by atoms with E-state index in [2.05, 4.69) is 4.72 Å².